The van der Waals surface area contributed by atoms with Crippen molar-refractivity contribution in [2.45, 2.75) is 19.8 Å². The van der Waals surface area contributed by atoms with Crippen molar-refractivity contribution in [1.82, 2.24) is 9.78 Å². The van der Waals surface area contributed by atoms with Crippen LogP contribution in [0.25, 0.3) is 5.69 Å². The number of nitrogens with zero attached hydrogens (tertiary/aromatic N) is 2. The molecule has 0 unspecified atom stereocenters. The monoisotopic (exact) mass is 284 g/mol. The zero-order chi connectivity index (χ0) is 13.3. The Morgan fingerprint density at radius 1 is 1.22 bits per heavy atom. The van der Waals surface area contributed by atoms with Crippen molar-refractivity contribution in [3.8, 4) is 11.6 Å². The molecule has 0 N–H and O–H groups in total. The Bertz CT molecular complexity index is 544. The maximum atomic E-state index is 6.18. The second kappa shape index (κ2) is 5.21. The number of hydrogen-bond acceptors (Lipinski definition) is 2. The molecule has 0 radical (unpaired) electrons. The van der Waals surface area contributed by atoms with Crippen LogP contribution >= 0.6 is 23.2 Å². The quantitative estimate of drug-likeness (QED) is 0.840. The molecule has 18 heavy (non-hydrogen) atoms. The second-order valence-corrected chi connectivity index (χ2v) is 5.06. The predicted octanol–water partition coefficient (Wildman–Crippen LogP) is 4.31. The van der Waals surface area contributed by atoms with Gasteiger partial charge in [0.05, 0.1) is 23.4 Å². The molecule has 0 aliphatic carbocycles. The van der Waals surface area contributed by atoms with E-state index in [0.717, 1.165) is 5.56 Å². The Morgan fingerprint density at radius 2 is 1.83 bits per heavy atom. The first-order chi connectivity index (χ1) is 8.56. The van der Waals surface area contributed by atoms with E-state index in [1.807, 2.05) is 0 Å². The summed E-state index contributed by atoms with van der Waals surface area (Å²) in [5.74, 6) is 0.981. The second-order valence-electron chi connectivity index (χ2n) is 4.25. The highest BCUT2D eigenvalue weighted by molar-refractivity contribution is 6.37. The Labute approximate surface area is 116 Å². The zero-order valence-corrected chi connectivity index (χ0v) is 12.0. The van der Waals surface area contributed by atoms with Gasteiger partial charge in [0.15, 0.2) is 0 Å². The van der Waals surface area contributed by atoms with E-state index in [1.54, 1.807) is 36.2 Å². The lowest BCUT2D eigenvalue weighted by Gasteiger charge is -2.12. The molecule has 0 spiro atoms. The molecular weight excluding hydrogens is 271 g/mol. The van der Waals surface area contributed by atoms with Crippen molar-refractivity contribution in [2.24, 2.45) is 0 Å². The fraction of sp³-hybridized carbons (Fsp3) is 0.308. The van der Waals surface area contributed by atoms with E-state index in [4.69, 9.17) is 27.9 Å². The number of hydrogen-bond donors (Lipinski definition) is 0. The number of para-hydroxylation sites is 1. The van der Waals surface area contributed by atoms with Crippen LogP contribution in [0.4, 0.5) is 0 Å². The van der Waals surface area contributed by atoms with Gasteiger partial charge in [-0.15, -0.1) is 0 Å². The fourth-order valence-corrected chi connectivity index (χ4v) is 2.36. The molecule has 0 aliphatic heterocycles. The van der Waals surface area contributed by atoms with Crippen LogP contribution in [0.1, 0.15) is 25.3 Å². The largest absolute Gasteiger partial charge is 0.481 e. The Balaban J connectivity index is 2.65. The minimum Gasteiger partial charge on any atom is -0.481 e. The molecule has 0 fully saturated rings. The Hall–Kier alpha value is -1.19. The predicted molar refractivity (Wildman–Crippen MR) is 74.2 cm³/mol. The summed E-state index contributed by atoms with van der Waals surface area (Å²) in [6.45, 7) is 4.16. The van der Waals surface area contributed by atoms with Gasteiger partial charge in [0.2, 0.25) is 5.88 Å². The number of rotatable bonds is 3. The van der Waals surface area contributed by atoms with Crippen LogP contribution in [0, 0.1) is 0 Å². The normalized spacial score (nSPS) is 11.0. The van der Waals surface area contributed by atoms with Crippen LogP contribution < -0.4 is 4.74 Å². The van der Waals surface area contributed by atoms with Crippen molar-refractivity contribution < 1.29 is 4.74 Å². The molecule has 1 aromatic carbocycles. The summed E-state index contributed by atoms with van der Waals surface area (Å²) in [7, 11) is 1.62. The van der Waals surface area contributed by atoms with E-state index in [2.05, 4.69) is 18.9 Å². The van der Waals surface area contributed by atoms with Gasteiger partial charge >= 0.3 is 0 Å². The van der Waals surface area contributed by atoms with Gasteiger partial charge in [-0.05, 0) is 18.1 Å². The lowest BCUT2D eigenvalue weighted by atomic mass is 10.1. The van der Waals surface area contributed by atoms with Crippen LogP contribution in [0.3, 0.4) is 0 Å². The average Bonchev–Trinajstić information content (AvgIpc) is 2.72. The Kier molecular flexibility index (Phi) is 3.83. The summed E-state index contributed by atoms with van der Waals surface area (Å²) in [5, 5.41) is 5.40. The number of halogens is 2. The van der Waals surface area contributed by atoms with Gasteiger partial charge in [-0.3, -0.25) is 0 Å². The first-order valence-electron chi connectivity index (χ1n) is 5.62. The number of methoxy groups -OCH3 is 1. The van der Waals surface area contributed by atoms with Crippen molar-refractivity contribution >= 4 is 23.2 Å². The van der Waals surface area contributed by atoms with Crippen LogP contribution in [0.15, 0.2) is 24.4 Å². The van der Waals surface area contributed by atoms with Gasteiger partial charge in [0.25, 0.3) is 0 Å². The number of benzene rings is 1. The molecular formula is C13H14Cl2N2O. The standard InChI is InChI=1S/C13H14Cl2N2O/c1-8(2)9-7-16-17(13(9)18-3)12-10(14)5-4-6-11(12)15/h4-8H,1-3H3. The van der Waals surface area contributed by atoms with Crippen LogP contribution in [0.5, 0.6) is 5.88 Å². The smallest absolute Gasteiger partial charge is 0.219 e. The summed E-state index contributed by atoms with van der Waals surface area (Å²) in [6.07, 6.45) is 1.78. The molecule has 5 heteroatoms. The third-order valence-electron chi connectivity index (χ3n) is 2.72. The van der Waals surface area contributed by atoms with E-state index in [-0.39, 0.29) is 0 Å². The number of aromatic nitrogens is 2. The maximum Gasteiger partial charge on any atom is 0.219 e. The zero-order valence-electron chi connectivity index (χ0n) is 10.4. The van der Waals surface area contributed by atoms with E-state index in [0.29, 0.717) is 27.5 Å². The van der Waals surface area contributed by atoms with E-state index < -0.39 is 0 Å². The van der Waals surface area contributed by atoms with Gasteiger partial charge in [0.1, 0.15) is 5.69 Å². The first-order valence-corrected chi connectivity index (χ1v) is 6.38. The molecule has 0 amide bonds. The third kappa shape index (κ3) is 2.20. The minimum atomic E-state index is 0.315. The summed E-state index contributed by atoms with van der Waals surface area (Å²) >= 11 is 12.4. The average molecular weight is 285 g/mol. The summed E-state index contributed by atoms with van der Waals surface area (Å²) < 4.78 is 7.06. The topological polar surface area (TPSA) is 27.1 Å². The molecule has 0 bridgehead atoms. The molecule has 96 valence electrons. The maximum absolute atomic E-state index is 6.18. The SMILES string of the molecule is COc1c(C(C)C)cnn1-c1c(Cl)cccc1Cl. The molecule has 2 aromatic rings. The molecule has 2 rings (SSSR count). The summed E-state index contributed by atoms with van der Waals surface area (Å²) in [5.41, 5.74) is 1.66. The van der Waals surface area contributed by atoms with Crippen LogP contribution in [-0.2, 0) is 0 Å². The summed E-state index contributed by atoms with van der Waals surface area (Å²) in [6, 6.07) is 5.35. The first kappa shape index (κ1) is 13.2. The van der Waals surface area contributed by atoms with Crippen molar-refractivity contribution in [3.63, 3.8) is 0 Å². The van der Waals surface area contributed by atoms with Crippen molar-refractivity contribution in [3.05, 3.63) is 40.0 Å². The minimum absolute atomic E-state index is 0.315. The van der Waals surface area contributed by atoms with Gasteiger partial charge in [-0.2, -0.15) is 9.78 Å². The molecule has 0 saturated heterocycles. The fourth-order valence-electron chi connectivity index (χ4n) is 1.80. The van der Waals surface area contributed by atoms with E-state index in [1.165, 1.54) is 0 Å². The number of ether oxygens (including phenoxy) is 1. The molecule has 1 aromatic heterocycles. The molecule has 0 saturated carbocycles. The lowest BCUT2D eigenvalue weighted by molar-refractivity contribution is 0.377. The van der Waals surface area contributed by atoms with Gasteiger partial charge in [0, 0.05) is 5.56 Å². The van der Waals surface area contributed by atoms with Crippen molar-refractivity contribution in [1.29, 1.82) is 0 Å². The molecule has 1 heterocycles. The molecule has 0 atom stereocenters. The highest BCUT2D eigenvalue weighted by atomic mass is 35.5. The van der Waals surface area contributed by atoms with Gasteiger partial charge < -0.3 is 4.74 Å². The Morgan fingerprint density at radius 3 is 2.33 bits per heavy atom. The van der Waals surface area contributed by atoms with E-state index in [9.17, 15) is 0 Å². The van der Waals surface area contributed by atoms with Crippen molar-refractivity contribution in [2.75, 3.05) is 7.11 Å². The summed E-state index contributed by atoms with van der Waals surface area (Å²) in [4.78, 5) is 0. The highest BCUT2D eigenvalue weighted by Gasteiger charge is 2.18. The van der Waals surface area contributed by atoms with Crippen LogP contribution in [0.2, 0.25) is 10.0 Å². The third-order valence-corrected chi connectivity index (χ3v) is 3.33. The van der Waals surface area contributed by atoms with E-state index >= 15 is 0 Å². The highest BCUT2D eigenvalue weighted by Crippen LogP contribution is 2.34. The molecule has 3 nitrogen and oxygen atoms in total. The van der Waals surface area contributed by atoms with Gasteiger partial charge in [-0.25, -0.2) is 0 Å². The van der Waals surface area contributed by atoms with Crippen LogP contribution in [-0.4, -0.2) is 16.9 Å². The molecule has 0 aliphatic rings. The van der Waals surface area contributed by atoms with Gasteiger partial charge in [-0.1, -0.05) is 43.1 Å². The lowest BCUT2D eigenvalue weighted by Crippen LogP contribution is -2.02.